The molecule has 0 aliphatic carbocycles. The van der Waals surface area contributed by atoms with Gasteiger partial charge >= 0.3 is 0 Å². The van der Waals surface area contributed by atoms with E-state index in [0.29, 0.717) is 0 Å². The predicted octanol–water partition coefficient (Wildman–Crippen LogP) is 3.99. The zero-order chi connectivity index (χ0) is 16.7. The number of benzene rings is 2. The van der Waals surface area contributed by atoms with Crippen molar-refractivity contribution in [3.63, 3.8) is 0 Å². The fraction of sp³-hybridized carbons (Fsp3) is 0.150. The highest BCUT2D eigenvalue weighted by Crippen LogP contribution is 2.34. The summed E-state index contributed by atoms with van der Waals surface area (Å²) in [4.78, 5) is 4.57. The first-order valence-corrected chi connectivity index (χ1v) is 7.87. The van der Waals surface area contributed by atoms with Crippen molar-refractivity contribution in [3.05, 3.63) is 66.0 Å². The molecule has 0 aliphatic heterocycles. The zero-order valence-electron chi connectivity index (χ0n) is 13.7. The summed E-state index contributed by atoms with van der Waals surface area (Å²) in [6, 6.07) is 14.2. The van der Waals surface area contributed by atoms with Crippen LogP contribution in [0.5, 0.6) is 5.75 Å². The molecule has 4 heteroatoms. The molecule has 0 unspecified atom stereocenters. The van der Waals surface area contributed by atoms with E-state index < -0.39 is 0 Å². The smallest absolute Gasteiger partial charge is 0.145 e. The summed E-state index contributed by atoms with van der Waals surface area (Å²) in [6.07, 6.45) is 3.81. The van der Waals surface area contributed by atoms with Gasteiger partial charge in [-0.25, -0.2) is 0 Å². The minimum Gasteiger partial charge on any atom is -0.494 e. The lowest BCUT2D eigenvalue weighted by Crippen LogP contribution is -1.96. The van der Waals surface area contributed by atoms with Crippen molar-refractivity contribution < 1.29 is 9.84 Å². The average Bonchev–Trinajstić information content (AvgIpc) is 3.00. The molecule has 0 radical (unpaired) electrons. The number of aliphatic hydroxyl groups excluding tert-OH is 1. The zero-order valence-corrected chi connectivity index (χ0v) is 13.7. The second-order valence-electron chi connectivity index (χ2n) is 5.85. The van der Waals surface area contributed by atoms with Gasteiger partial charge in [-0.15, -0.1) is 0 Å². The molecular formula is C20H18N2O2. The maximum atomic E-state index is 9.77. The molecule has 0 saturated heterocycles. The van der Waals surface area contributed by atoms with Crippen molar-refractivity contribution in [1.29, 1.82) is 0 Å². The van der Waals surface area contributed by atoms with E-state index in [1.807, 2.05) is 42.7 Å². The fourth-order valence-electron chi connectivity index (χ4n) is 3.28. The van der Waals surface area contributed by atoms with Gasteiger partial charge in [0.15, 0.2) is 0 Å². The summed E-state index contributed by atoms with van der Waals surface area (Å²) in [5, 5.41) is 11.7. The molecule has 4 rings (SSSR count). The van der Waals surface area contributed by atoms with Crippen LogP contribution in [0.4, 0.5) is 0 Å². The fourth-order valence-corrected chi connectivity index (χ4v) is 3.28. The number of fused-ring (bicyclic) bond motifs is 3. The third-order valence-corrected chi connectivity index (χ3v) is 4.47. The highest BCUT2D eigenvalue weighted by atomic mass is 16.5. The van der Waals surface area contributed by atoms with Crippen molar-refractivity contribution in [2.24, 2.45) is 0 Å². The van der Waals surface area contributed by atoms with E-state index >= 15 is 0 Å². The monoisotopic (exact) mass is 318 g/mol. The van der Waals surface area contributed by atoms with Crippen LogP contribution < -0.4 is 4.74 Å². The molecule has 4 aromatic rings. The highest BCUT2D eigenvalue weighted by molar-refractivity contribution is 6.07. The summed E-state index contributed by atoms with van der Waals surface area (Å²) >= 11 is 0. The van der Waals surface area contributed by atoms with Crippen molar-refractivity contribution in [3.8, 4) is 11.4 Å². The second kappa shape index (κ2) is 5.65. The van der Waals surface area contributed by atoms with Gasteiger partial charge in [-0.3, -0.25) is 4.98 Å². The van der Waals surface area contributed by atoms with Gasteiger partial charge in [0.05, 0.1) is 19.2 Å². The third-order valence-electron chi connectivity index (χ3n) is 4.47. The highest BCUT2D eigenvalue weighted by Gasteiger charge is 2.15. The van der Waals surface area contributed by atoms with Crippen molar-refractivity contribution >= 4 is 21.8 Å². The molecule has 2 heterocycles. The molecule has 0 amide bonds. The maximum absolute atomic E-state index is 9.77. The molecule has 0 atom stereocenters. The van der Waals surface area contributed by atoms with Crippen LogP contribution in [0, 0.1) is 6.92 Å². The number of aromatic nitrogens is 2. The molecule has 120 valence electrons. The minimum absolute atomic E-state index is 0.0213. The van der Waals surface area contributed by atoms with Crippen LogP contribution in [0.1, 0.15) is 11.1 Å². The molecule has 24 heavy (non-hydrogen) atoms. The number of ether oxygens (including phenoxy) is 1. The van der Waals surface area contributed by atoms with Gasteiger partial charge in [-0.2, -0.15) is 0 Å². The van der Waals surface area contributed by atoms with E-state index in [9.17, 15) is 5.11 Å². The van der Waals surface area contributed by atoms with E-state index in [1.54, 1.807) is 7.11 Å². The average molecular weight is 318 g/mol. The first-order valence-electron chi connectivity index (χ1n) is 7.87. The maximum Gasteiger partial charge on any atom is 0.145 e. The number of hydrogen-bond donors (Lipinski definition) is 1. The van der Waals surface area contributed by atoms with Crippen LogP contribution in [-0.4, -0.2) is 21.8 Å². The number of nitrogens with zero attached hydrogens (tertiary/aromatic N) is 2. The summed E-state index contributed by atoms with van der Waals surface area (Å²) in [5.41, 5.74) is 5.00. The van der Waals surface area contributed by atoms with Crippen LogP contribution in [0.2, 0.25) is 0 Å². The Morgan fingerprint density at radius 2 is 1.92 bits per heavy atom. The lowest BCUT2D eigenvalue weighted by atomic mass is 10.1. The van der Waals surface area contributed by atoms with Gasteiger partial charge in [0.1, 0.15) is 11.3 Å². The van der Waals surface area contributed by atoms with E-state index in [2.05, 4.69) is 28.6 Å². The SMILES string of the molecule is COc1cccc2c1ncc1c(CO)cn(-c3ccccc3C)c12. The van der Waals surface area contributed by atoms with Crippen LogP contribution in [-0.2, 0) is 6.61 Å². The van der Waals surface area contributed by atoms with Crippen LogP contribution in [0.25, 0.3) is 27.5 Å². The Labute approximate surface area is 139 Å². The molecule has 0 fully saturated rings. The molecule has 0 saturated carbocycles. The lowest BCUT2D eigenvalue weighted by Gasteiger charge is -2.11. The topological polar surface area (TPSA) is 47.3 Å². The normalized spacial score (nSPS) is 11.3. The summed E-state index contributed by atoms with van der Waals surface area (Å²) < 4.78 is 7.60. The number of rotatable bonds is 3. The molecule has 0 spiro atoms. The molecule has 0 bridgehead atoms. The predicted molar refractivity (Wildman–Crippen MR) is 95.8 cm³/mol. The standard InChI is InChI=1S/C20H18N2O2/c1-13-6-3-4-8-17(13)22-11-14(12-23)16-10-21-19-15(20(16)22)7-5-9-18(19)24-2/h3-11,23H,12H2,1-2H3. The molecule has 4 nitrogen and oxygen atoms in total. The Hall–Kier alpha value is -2.85. The number of hydrogen-bond acceptors (Lipinski definition) is 3. The lowest BCUT2D eigenvalue weighted by molar-refractivity contribution is 0.283. The molecule has 2 aromatic carbocycles. The summed E-state index contributed by atoms with van der Waals surface area (Å²) in [5.74, 6) is 0.748. The number of aliphatic hydroxyl groups is 1. The second-order valence-corrected chi connectivity index (χ2v) is 5.85. The first kappa shape index (κ1) is 14.7. The molecule has 0 aliphatic rings. The van der Waals surface area contributed by atoms with E-state index in [-0.39, 0.29) is 6.61 Å². The van der Waals surface area contributed by atoms with E-state index in [4.69, 9.17) is 4.74 Å². The summed E-state index contributed by atoms with van der Waals surface area (Å²) in [7, 11) is 1.65. The van der Waals surface area contributed by atoms with E-state index in [1.165, 1.54) is 5.56 Å². The molecule has 1 N–H and O–H groups in total. The van der Waals surface area contributed by atoms with Crippen molar-refractivity contribution in [1.82, 2.24) is 9.55 Å². The Morgan fingerprint density at radius 3 is 2.67 bits per heavy atom. The Morgan fingerprint density at radius 1 is 1.08 bits per heavy atom. The van der Waals surface area contributed by atoms with Gasteiger partial charge in [0.2, 0.25) is 0 Å². The van der Waals surface area contributed by atoms with Crippen LogP contribution >= 0.6 is 0 Å². The van der Waals surface area contributed by atoms with Crippen molar-refractivity contribution in [2.75, 3.05) is 7.11 Å². The quantitative estimate of drug-likeness (QED) is 0.621. The number of para-hydroxylation sites is 2. The van der Waals surface area contributed by atoms with Gasteiger partial charge in [0.25, 0.3) is 0 Å². The van der Waals surface area contributed by atoms with Gasteiger partial charge in [0, 0.05) is 34.4 Å². The van der Waals surface area contributed by atoms with E-state index in [0.717, 1.165) is 38.8 Å². The minimum atomic E-state index is -0.0213. The number of pyridine rings is 1. The van der Waals surface area contributed by atoms with Gasteiger partial charge < -0.3 is 14.4 Å². The molecular weight excluding hydrogens is 300 g/mol. The third kappa shape index (κ3) is 2.07. The number of aryl methyl sites for hydroxylation is 1. The Kier molecular flexibility index (Phi) is 3.47. The van der Waals surface area contributed by atoms with Crippen LogP contribution in [0.15, 0.2) is 54.9 Å². The Balaban J connectivity index is 2.18. The Bertz CT molecular complexity index is 1050. The van der Waals surface area contributed by atoms with Crippen molar-refractivity contribution in [2.45, 2.75) is 13.5 Å². The largest absolute Gasteiger partial charge is 0.494 e. The van der Waals surface area contributed by atoms with Gasteiger partial charge in [-0.05, 0) is 24.6 Å². The van der Waals surface area contributed by atoms with Gasteiger partial charge in [-0.1, -0.05) is 30.3 Å². The molecule has 2 aromatic heterocycles. The van der Waals surface area contributed by atoms with Crippen LogP contribution in [0.3, 0.4) is 0 Å². The number of methoxy groups -OCH3 is 1. The summed E-state index contributed by atoms with van der Waals surface area (Å²) in [6.45, 7) is 2.07. The first-order chi connectivity index (χ1) is 11.7.